The van der Waals surface area contributed by atoms with Gasteiger partial charge in [-0.2, -0.15) is 0 Å². The highest BCUT2D eigenvalue weighted by Gasteiger charge is 2.55. The van der Waals surface area contributed by atoms with E-state index in [1.165, 1.54) is 20.4 Å². The average Bonchev–Trinajstić information content (AvgIpc) is 3.83. The van der Waals surface area contributed by atoms with Crippen molar-refractivity contribution in [1.29, 1.82) is 0 Å². The van der Waals surface area contributed by atoms with Gasteiger partial charge in [0.2, 0.25) is 17.7 Å². The van der Waals surface area contributed by atoms with Gasteiger partial charge in [0.1, 0.15) is 29.8 Å². The van der Waals surface area contributed by atoms with Gasteiger partial charge in [-0.1, -0.05) is 76.2 Å². The molecular weight excluding hydrogens is 853 g/mol. The molecule has 67 heavy (non-hydrogen) atoms. The molecule has 6 aromatic rings. The Morgan fingerprint density at radius 2 is 1.22 bits per heavy atom. The summed E-state index contributed by atoms with van der Waals surface area (Å²) < 4.78 is 15.8. The highest BCUT2D eigenvalue weighted by atomic mass is 16.5. The summed E-state index contributed by atoms with van der Waals surface area (Å²) in [5.74, 6) is 1.00. The summed E-state index contributed by atoms with van der Waals surface area (Å²) in [6, 6.07) is 18.8. The van der Waals surface area contributed by atoms with Crippen LogP contribution in [0.25, 0.3) is 44.4 Å². The van der Waals surface area contributed by atoms with Gasteiger partial charge < -0.3 is 44.6 Å². The predicted octanol–water partition coefficient (Wildman–Crippen LogP) is 7.61. The van der Waals surface area contributed by atoms with Crippen molar-refractivity contribution < 1.29 is 33.4 Å². The second-order valence-corrected chi connectivity index (χ2v) is 18.6. The van der Waals surface area contributed by atoms with Crippen LogP contribution in [0.3, 0.4) is 0 Å². The highest BCUT2D eigenvalue weighted by molar-refractivity contribution is 5.91. The zero-order valence-corrected chi connectivity index (χ0v) is 38.5. The Balaban J connectivity index is 0.898. The zero-order valence-electron chi connectivity index (χ0n) is 38.5. The summed E-state index contributed by atoms with van der Waals surface area (Å²) in [5.41, 5.74) is 5.80. The van der Waals surface area contributed by atoms with Gasteiger partial charge in [0, 0.05) is 30.9 Å². The van der Waals surface area contributed by atoms with Crippen LogP contribution in [0.4, 0.5) is 9.59 Å². The number of carbonyl (C=O) groups is 4. The summed E-state index contributed by atoms with van der Waals surface area (Å²) in [4.78, 5) is 81.0. The molecule has 2 saturated heterocycles. The van der Waals surface area contributed by atoms with Crippen molar-refractivity contribution >= 4 is 34.8 Å². The third kappa shape index (κ3) is 9.40. The van der Waals surface area contributed by atoms with Gasteiger partial charge in [-0.25, -0.2) is 24.5 Å². The van der Waals surface area contributed by atoms with Gasteiger partial charge in [0.15, 0.2) is 0 Å². The second-order valence-electron chi connectivity index (χ2n) is 18.6. The van der Waals surface area contributed by atoms with Crippen molar-refractivity contribution in [2.75, 3.05) is 27.3 Å². The molecule has 2 aliphatic heterocycles. The summed E-state index contributed by atoms with van der Waals surface area (Å²) in [6.45, 7) is 8.49. The number of likely N-dealkylation sites (tertiary alicyclic amines) is 2. The molecule has 9 rings (SSSR count). The number of ether oxygens (including phenoxy) is 3. The minimum Gasteiger partial charge on any atom is -0.471 e. The number of nitrogens with zero attached hydrogens (tertiary/aromatic N) is 6. The molecular formula is C50H56N10O7. The molecule has 5 heterocycles. The van der Waals surface area contributed by atoms with E-state index < -0.39 is 30.3 Å². The maximum atomic E-state index is 14.1. The Kier molecular flexibility index (Phi) is 12.4. The standard InChI is InChI=1S/C50H56N10O7/c1-28(2)42(57-48(63)65-5)46(61)59-26-36(67-41-25-51-17-18-52-41)21-39(59)44-53-23-37(55-44)31-9-7-30(8-10-31)32-11-12-34-20-35(14-13-33(34)19-32)38-24-54-45(56-38)40-22-50(15-16-50)27-60(40)47(62)43(29(3)4)58-49(64)66-6/h7-14,17-20,23-25,28-29,36,39-40,42-43H,15-16,21-22,26-27H2,1-6H3,(H,53,55)(H,54,56)(H,57,63)(H,58,64)/t36-,39-,40-,42-,43-/m0/s1. The van der Waals surface area contributed by atoms with E-state index in [1.54, 1.807) is 23.5 Å². The minimum absolute atomic E-state index is 0.107. The number of hydrogen-bond donors (Lipinski definition) is 4. The van der Waals surface area contributed by atoms with Crippen LogP contribution >= 0.6 is 0 Å². The van der Waals surface area contributed by atoms with Crippen LogP contribution in [-0.4, -0.2) is 109 Å². The van der Waals surface area contributed by atoms with Crippen LogP contribution in [0.2, 0.25) is 0 Å². The number of amides is 4. The van der Waals surface area contributed by atoms with Crippen LogP contribution in [0.15, 0.2) is 91.6 Å². The average molecular weight is 909 g/mol. The number of H-pyrrole nitrogens is 2. The molecule has 17 nitrogen and oxygen atoms in total. The maximum absolute atomic E-state index is 14.1. The molecule has 0 unspecified atom stereocenters. The number of benzene rings is 3. The molecule has 3 fully saturated rings. The lowest BCUT2D eigenvalue weighted by molar-refractivity contribution is -0.136. The van der Waals surface area contributed by atoms with E-state index in [4.69, 9.17) is 24.2 Å². The van der Waals surface area contributed by atoms with Crippen LogP contribution in [0, 0.1) is 17.3 Å². The van der Waals surface area contributed by atoms with E-state index in [1.807, 2.05) is 50.9 Å². The summed E-state index contributed by atoms with van der Waals surface area (Å²) in [7, 11) is 2.57. The second kappa shape index (κ2) is 18.5. The van der Waals surface area contributed by atoms with Crippen LogP contribution < -0.4 is 15.4 Å². The summed E-state index contributed by atoms with van der Waals surface area (Å²) >= 11 is 0. The van der Waals surface area contributed by atoms with Crippen molar-refractivity contribution in [3.8, 4) is 39.5 Å². The Morgan fingerprint density at radius 1 is 0.672 bits per heavy atom. The lowest BCUT2D eigenvalue weighted by Gasteiger charge is -2.30. The quantitative estimate of drug-likeness (QED) is 0.0886. The third-order valence-corrected chi connectivity index (χ3v) is 13.4. The molecule has 4 N–H and O–H groups in total. The van der Waals surface area contributed by atoms with E-state index in [0.29, 0.717) is 24.7 Å². The van der Waals surface area contributed by atoms with Gasteiger partial charge in [0.25, 0.3) is 0 Å². The van der Waals surface area contributed by atoms with Crippen LogP contribution in [0.1, 0.15) is 77.1 Å². The van der Waals surface area contributed by atoms with Gasteiger partial charge >= 0.3 is 12.2 Å². The number of nitrogens with one attached hydrogen (secondary N) is 4. The SMILES string of the molecule is COC(=O)N[C@H](C(=O)N1C[C@@H](Oc2cnccn2)C[C@H]1c1ncc(-c2ccc(-c3ccc4cc(-c5cnc([C@@H]6CC7(CC7)CN6C(=O)[C@@H](NC(=O)OC)C(C)C)[nH]5)ccc4c3)cc2)[nH]1)C(C)C. The first-order valence-corrected chi connectivity index (χ1v) is 22.8. The number of carbonyl (C=O) groups excluding carboxylic acids is 4. The molecule has 0 radical (unpaired) electrons. The van der Waals surface area contributed by atoms with Crippen molar-refractivity contribution in [3.05, 3.63) is 103 Å². The van der Waals surface area contributed by atoms with Crippen molar-refractivity contribution in [1.82, 2.24) is 50.3 Å². The Bertz CT molecular complexity index is 2770. The van der Waals surface area contributed by atoms with E-state index in [9.17, 15) is 19.2 Å². The molecule has 3 aliphatic rings. The van der Waals surface area contributed by atoms with Crippen LogP contribution in [0.5, 0.6) is 5.88 Å². The third-order valence-electron chi connectivity index (χ3n) is 13.4. The lowest BCUT2D eigenvalue weighted by Crippen LogP contribution is -2.51. The molecule has 1 aliphatic carbocycles. The number of methoxy groups -OCH3 is 2. The topological polar surface area (TPSA) is 210 Å². The fraction of sp³-hybridized carbons (Fsp3) is 0.400. The van der Waals surface area contributed by atoms with E-state index in [0.717, 1.165) is 69.5 Å². The van der Waals surface area contributed by atoms with E-state index >= 15 is 0 Å². The van der Waals surface area contributed by atoms with Crippen molar-refractivity contribution in [2.45, 2.75) is 83.6 Å². The summed E-state index contributed by atoms with van der Waals surface area (Å²) in [6.07, 6.45) is 10.0. The molecule has 0 bridgehead atoms. The highest BCUT2D eigenvalue weighted by Crippen LogP contribution is 2.58. The molecule has 3 aromatic heterocycles. The van der Waals surface area contributed by atoms with Crippen molar-refractivity contribution in [3.63, 3.8) is 0 Å². The summed E-state index contributed by atoms with van der Waals surface area (Å²) in [5, 5.41) is 7.62. The molecule has 348 valence electrons. The number of alkyl carbamates (subject to hydrolysis) is 2. The molecule has 17 heteroatoms. The monoisotopic (exact) mass is 908 g/mol. The molecule has 1 saturated carbocycles. The predicted molar refractivity (Wildman–Crippen MR) is 249 cm³/mol. The lowest BCUT2D eigenvalue weighted by atomic mass is 9.98. The van der Waals surface area contributed by atoms with E-state index in [-0.39, 0.29) is 47.8 Å². The number of imidazole rings is 2. The first-order chi connectivity index (χ1) is 32.3. The Labute approximate surface area is 388 Å². The minimum atomic E-state index is -0.819. The smallest absolute Gasteiger partial charge is 0.407 e. The molecule has 4 amide bonds. The fourth-order valence-electron chi connectivity index (χ4n) is 9.47. The normalized spacial score (nSPS) is 19.4. The van der Waals surface area contributed by atoms with E-state index in [2.05, 4.69) is 79.1 Å². The Hall–Kier alpha value is -7.30. The Morgan fingerprint density at radius 3 is 1.81 bits per heavy atom. The number of aromatic nitrogens is 6. The molecule has 3 aromatic carbocycles. The number of rotatable bonds is 13. The molecule has 5 atom stereocenters. The first kappa shape index (κ1) is 44.9. The fourth-order valence-corrected chi connectivity index (χ4v) is 9.47. The van der Waals surface area contributed by atoms with Gasteiger partial charge in [-0.05, 0) is 76.1 Å². The zero-order chi connectivity index (χ0) is 47.0. The van der Waals surface area contributed by atoms with Gasteiger partial charge in [-0.3, -0.25) is 14.6 Å². The van der Waals surface area contributed by atoms with Crippen LogP contribution in [-0.2, 0) is 19.1 Å². The first-order valence-electron chi connectivity index (χ1n) is 22.8. The number of hydrogen-bond acceptors (Lipinski definition) is 11. The largest absolute Gasteiger partial charge is 0.471 e. The molecule has 1 spiro atoms. The van der Waals surface area contributed by atoms with Gasteiger partial charge in [-0.15, -0.1) is 0 Å². The van der Waals surface area contributed by atoms with Crippen molar-refractivity contribution in [2.24, 2.45) is 17.3 Å². The number of fused-ring (bicyclic) bond motifs is 1. The maximum Gasteiger partial charge on any atom is 0.407 e. The van der Waals surface area contributed by atoms with Gasteiger partial charge in [0.05, 0.1) is 62.8 Å². The number of aromatic amines is 2.